The van der Waals surface area contributed by atoms with Crippen molar-refractivity contribution in [1.29, 1.82) is 0 Å². The van der Waals surface area contributed by atoms with E-state index in [-0.39, 0.29) is 6.01 Å². The second-order valence-corrected chi connectivity index (χ2v) is 8.68. The highest BCUT2D eigenvalue weighted by Crippen LogP contribution is 2.28. The van der Waals surface area contributed by atoms with Gasteiger partial charge >= 0.3 is 6.01 Å². The topological polar surface area (TPSA) is 68.1 Å². The zero-order valence-electron chi connectivity index (χ0n) is 20.0. The van der Waals surface area contributed by atoms with E-state index in [4.69, 9.17) is 9.72 Å². The standard InChI is InChI=1S/C27H35N3O2/c1-6-7-8-9-10-11-24(31)32-27-29-25(22-14-12-18(2)16-20(22)4)28-26(30-27)23-15-13-19(3)17-21(23)5/h12-17,24,31H,6-11H2,1-5H3. The summed E-state index contributed by atoms with van der Waals surface area (Å²) < 4.78 is 5.77. The van der Waals surface area contributed by atoms with Crippen LogP contribution in [0.15, 0.2) is 36.4 Å². The Bertz CT molecular complexity index is 979. The van der Waals surface area contributed by atoms with E-state index in [2.05, 4.69) is 68.9 Å². The van der Waals surface area contributed by atoms with Gasteiger partial charge in [0, 0.05) is 17.5 Å². The van der Waals surface area contributed by atoms with E-state index in [0.717, 1.165) is 35.1 Å². The minimum atomic E-state index is -0.932. The Morgan fingerprint density at radius 3 is 1.78 bits per heavy atom. The van der Waals surface area contributed by atoms with Crippen LogP contribution in [0.4, 0.5) is 0 Å². The van der Waals surface area contributed by atoms with Crippen molar-refractivity contribution >= 4 is 0 Å². The molecule has 0 radical (unpaired) electrons. The van der Waals surface area contributed by atoms with Gasteiger partial charge in [-0.15, -0.1) is 0 Å². The molecule has 0 aliphatic carbocycles. The molecule has 32 heavy (non-hydrogen) atoms. The Morgan fingerprint density at radius 2 is 1.28 bits per heavy atom. The molecule has 1 heterocycles. The molecule has 0 amide bonds. The van der Waals surface area contributed by atoms with Crippen LogP contribution in [-0.4, -0.2) is 26.3 Å². The molecule has 1 aromatic heterocycles. The van der Waals surface area contributed by atoms with Gasteiger partial charge in [0.05, 0.1) is 0 Å². The quantitative estimate of drug-likeness (QED) is 0.292. The molecule has 170 valence electrons. The summed E-state index contributed by atoms with van der Waals surface area (Å²) in [6, 6.07) is 12.5. The number of nitrogens with zero attached hydrogens (tertiary/aromatic N) is 3. The van der Waals surface area contributed by atoms with E-state index in [0.29, 0.717) is 18.1 Å². The third-order valence-electron chi connectivity index (χ3n) is 5.66. The number of unbranched alkanes of at least 4 members (excludes halogenated alkanes) is 4. The van der Waals surface area contributed by atoms with Crippen LogP contribution in [0.2, 0.25) is 0 Å². The normalized spacial score (nSPS) is 12.1. The molecule has 3 aromatic rings. The fraction of sp³-hybridized carbons (Fsp3) is 0.444. The lowest BCUT2D eigenvalue weighted by Crippen LogP contribution is -2.17. The van der Waals surface area contributed by atoms with Gasteiger partial charge in [-0.25, -0.2) is 4.98 Å². The van der Waals surface area contributed by atoms with Crippen molar-refractivity contribution in [3.63, 3.8) is 0 Å². The van der Waals surface area contributed by atoms with E-state index in [1.54, 1.807) is 0 Å². The number of aliphatic hydroxyl groups excluding tert-OH is 1. The Labute approximate surface area is 191 Å². The molecule has 0 saturated carbocycles. The Kier molecular flexibility index (Phi) is 8.34. The first kappa shape index (κ1) is 23.9. The molecule has 0 bridgehead atoms. The van der Waals surface area contributed by atoms with Gasteiger partial charge in [-0.2, -0.15) is 9.97 Å². The number of hydrogen-bond donors (Lipinski definition) is 1. The lowest BCUT2D eigenvalue weighted by atomic mass is 10.0. The fourth-order valence-electron chi connectivity index (χ4n) is 3.88. The van der Waals surface area contributed by atoms with Gasteiger partial charge in [-0.05, 0) is 45.2 Å². The predicted molar refractivity (Wildman–Crippen MR) is 130 cm³/mol. The third-order valence-corrected chi connectivity index (χ3v) is 5.66. The van der Waals surface area contributed by atoms with E-state index < -0.39 is 6.29 Å². The summed E-state index contributed by atoms with van der Waals surface area (Å²) in [5.41, 5.74) is 6.41. The molecule has 1 unspecified atom stereocenters. The lowest BCUT2D eigenvalue weighted by Gasteiger charge is -2.15. The number of rotatable bonds is 10. The van der Waals surface area contributed by atoms with Crippen molar-refractivity contribution < 1.29 is 9.84 Å². The van der Waals surface area contributed by atoms with Crippen molar-refractivity contribution in [3.05, 3.63) is 58.7 Å². The zero-order chi connectivity index (χ0) is 23.1. The van der Waals surface area contributed by atoms with Crippen LogP contribution in [0.5, 0.6) is 6.01 Å². The molecule has 0 saturated heterocycles. The van der Waals surface area contributed by atoms with Crippen LogP contribution in [0.25, 0.3) is 22.8 Å². The summed E-state index contributed by atoms with van der Waals surface area (Å²) in [5, 5.41) is 10.4. The second kappa shape index (κ2) is 11.2. The molecule has 2 aromatic carbocycles. The van der Waals surface area contributed by atoms with E-state index >= 15 is 0 Å². The average Bonchev–Trinajstić information content (AvgIpc) is 2.73. The molecular weight excluding hydrogens is 398 g/mol. The Hall–Kier alpha value is -2.79. The summed E-state index contributed by atoms with van der Waals surface area (Å²) in [6.07, 6.45) is 5.25. The number of hydrogen-bond acceptors (Lipinski definition) is 5. The van der Waals surface area contributed by atoms with Gasteiger partial charge in [0.2, 0.25) is 6.29 Å². The predicted octanol–water partition coefficient (Wildman–Crippen LogP) is 6.50. The fourth-order valence-corrected chi connectivity index (χ4v) is 3.88. The van der Waals surface area contributed by atoms with Gasteiger partial charge in [0.25, 0.3) is 0 Å². The van der Waals surface area contributed by atoms with Gasteiger partial charge in [0.1, 0.15) is 0 Å². The van der Waals surface area contributed by atoms with Crippen LogP contribution in [0, 0.1) is 27.7 Å². The van der Waals surface area contributed by atoms with Crippen LogP contribution < -0.4 is 4.74 Å². The van der Waals surface area contributed by atoms with Crippen LogP contribution in [0.1, 0.15) is 67.7 Å². The molecule has 0 aliphatic rings. The minimum absolute atomic E-state index is 0.158. The van der Waals surface area contributed by atoms with Crippen LogP contribution in [0.3, 0.4) is 0 Å². The first-order chi connectivity index (χ1) is 15.4. The van der Waals surface area contributed by atoms with E-state index in [9.17, 15) is 5.11 Å². The van der Waals surface area contributed by atoms with Crippen molar-refractivity contribution in [3.8, 4) is 28.8 Å². The van der Waals surface area contributed by atoms with Crippen molar-refractivity contribution in [1.82, 2.24) is 15.0 Å². The molecule has 0 aliphatic heterocycles. The number of aromatic nitrogens is 3. The van der Waals surface area contributed by atoms with Crippen molar-refractivity contribution in [2.45, 2.75) is 79.4 Å². The Morgan fingerprint density at radius 1 is 0.750 bits per heavy atom. The SMILES string of the molecule is CCCCCCCC(O)Oc1nc(-c2ccc(C)cc2C)nc(-c2ccc(C)cc2C)n1. The first-order valence-corrected chi connectivity index (χ1v) is 11.6. The van der Waals surface area contributed by atoms with Crippen LogP contribution in [-0.2, 0) is 0 Å². The maximum Gasteiger partial charge on any atom is 0.322 e. The average molecular weight is 434 g/mol. The molecule has 1 N–H and O–H groups in total. The number of ether oxygens (including phenoxy) is 1. The summed E-state index contributed by atoms with van der Waals surface area (Å²) in [5.74, 6) is 1.11. The molecule has 0 spiro atoms. The molecule has 5 heteroatoms. The van der Waals surface area contributed by atoms with Crippen LogP contribution >= 0.6 is 0 Å². The lowest BCUT2D eigenvalue weighted by molar-refractivity contribution is -0.0309. The van der Waals surface area contributed by atoms with E-state index in [1.165, 1.54) is 30.4 Å². The highest BCUT2D eigenvalue weighted by molar-refractivity contribution is 5.66. The zero-order valence-corrected chi connectivity index (χ0v) is 20.0. The molecule has 0 fully saturated rings. The summed E-state index contributed by atoms with van der Waals surface area (Å²) in [7, 11) is 0. The second-order valence-electron chi connectivity index (χ2n) is 8.68. The van der Waals surface area contributed by atoms with Crippen molar-refractivity contribution in [2.24, 2.45) is 0 Å². The smallest absolute Gasteiger partial charge is 0.322 e. The summed E-state index contributed by atoms with van der Waals surface area (Å²) >= 11 is 0. The minimum Gasteiger partial charge on any atom is -0.434 e. The highest BCUT2D eigenvalue weighted by atomic mass is 16.6. The largest absolute Gasteiger partial charge is 0.434 e. The van der Waals surface area contributed by atoms with Gasteiger partial charge in [-0.1, -0.05) is 80.1 Å². The van der Waals surface area contributed by atoms with Crippen molar-refractivity contribution in [2.75, 3.05) is 0 Å². The summed E-state index contributed by atoms with van der Waals surface area (Å²) in [4.78, 5) is 13.9. The van der Waals surface area contributed by atoms with Gasteiger partial charge in [0.15, 0.2) is 11.6 Å². The van der Waals surface area contributed by atoms with E-state index in [1.807, 2.05) is 12.1 Å². The third kappa shape index (κ3) is 6.36. The maximum atomic E-state index is 10.4. The molecular formula is C27H35N3O2. The first-order valence-electron chi connectivity index (χ1n) is 11.6. The highest BCUT2D eigenvalue weighted by Gasteiger charge is 2.16. The van der Waals surface area contributed by atoms with Gasteiger partial charge in [-0.3, -0.25) is 0 Å². The monoisotopic (exact) mass is 433 g/mol. The maximum absolute atomic E-state index is 10.4. The number of benzene rings is 2. The molecule has 3 rings (SSSR count). The summed E-state index contributed by atoms with van der Waals surface area (Å²) in [6.45, 7) is 10.4. The Balaban J connectivity index is 1.92. The molecule has 5 nitrogen and oxygen atoms in total. The molecule has 1 atom stereocenters. The number of aliphatic hydroxyl groups is 1. The number of aryl methyl sites for hydroxylation is 4. The van der Waals surface area contributed by atoms with Gasteiger partial charge < -0.3 is 9.84 Å².